The lowest BCUT2D eigenvalue weighted by atomic mass is 10.00. The Morgan fingerprint density at radius 3 is 1.71 bits per heavy atom. The number of anilines is 3. The lowest BCUT2D eigenvalue weighted by Gasteiger charge is -2.29. The van der Waals surface area contributed by atoms with Gasteiger partial charge in [0.1, 0.15) is 0 Å². The molecule has 0 aliphatic heterocycles. The van der Waals surface area contributed by atoms with Crippen molar-refractivity contribution in [3.05, 3.63) is 205 Å². The van der Waals surface area contributed by atoms with Crippen molar-refractivity contribution >= 4 is 38.9 Å². The molecule has 8 aromatic carbocycles. The molecule has 0 fully saturated rings. The van der Waals surface area contributed by atoms with Gasteiger partial charge >= 0.3 is 0 Å². The van der Waals surface area contributed by atoms with Crippen LogP contribution in [0.25, 0.3) is 60.9 Å². The first-order valence-corrected chi connectivity index (χ1v) is 17.9. The summed E-state index contributed by atoms with van der Waals surface area (Å²) in [5.74, 6) is 0. The third kappa shape index (κ3) is 5.55. The summed E-state index contributed by atoms with van der Waals surface area (Å²) >= 11 is 0. The average molecular weight is 667 g/mol. The number of hydrogen-bond acceptors (Lipinski definition) is 1. The zero-order valence-electron chi connectivity index (χ0n) is 29.4. The molecule has 1 heterocycles. The first-order chi connectivity index (χ1) is 25.6. The van der Waals surface area contributed by atoms with Gasteiger partial charge in [-0.25, -0.2) is 0 Å². The predicted molar refractivity (Wildman–Crippen MR) is 221 cm³/mol. The summed E-state index contributed by atoms with van der Waals surface area (Å²) in [5.41, 5.74) is 16.5. The van der Waals surface area contributed by atoms with Crippen molar-refractivity contribution < 1.29 is 0 Å². The number of benzene rings is 8. The summed E-state index contributed by atoms with van der Waals surface area (Å²) in [4.78, 5) is 2.45. The fourth-order valence-corrected chi connectivity index (χ4v) is 7.62. The van der Waals surface area contributed by atoms with Crippen LogP contribution in [-0.4, -0.2) is 4.57 Å². The van der Waals surface area contributed by atoms with Gasteiger partial charge in [0, 0.05) is 27.6 Å². The summed E-state index contributed by atoms with van der Waals surface area (Å²) < 4.78 is 2.47. The van der Waals surface area contributed by atoms with Crippen LogP contribution >= 0.6 is 0 Å². The van der Waals surface area contributed by atoms with Crippen molar-refractivity contribution in [2.75, 3.05) is 4.90 Å². The molecule has 248 valence electrons. The standard InChI is InChI=1S/C50H38N2/c1-35-24-27-40(28-25-35)43-33-26-36(2)34-49(43)52-46-21-12-10-19-44(46)50-47(22-13-23-48(50)52)51(41-31-29-38(30-32-41)37-14-5-3-6-15-37)45-20-11-9-18-42(45)39-16-7-4-8-17-39/h3-34H,1-2H3. The molecule has 0 aliphatic rings. The summed E-state index contributed by atoms with van der Waals surface area (Å²) in [6.45, 7) is 4.33. The van der Waals surface area contributed by atoms with E-state index in [1.54, 1.807) is 0 Å². The van der Waals surface area contributed by atoms with Gasteiger partial charge in [-0.3, -0.25) is 0 Å². The summed E-state index contributed by atoms with van der Waals surface area (Å²) in [5, 5.41) is 2.43. The largest absolute Gasteiger partial charge is 0.309 e. The van der Waals surface area contributed by atoms with Crippen LogP contribution in [0.4, 0.5) is 17.1 Å². The molecule has 0 unspecified atom stereocenters. The molecule has 1 aromatic heterocycles. The van der Waals surface area contributed by atoms with E-state index in [4.69, 9.17) is 0 Å². The molecule has 52 heavy (non-hydrogen) atoms. The first-order valence-electron chi connectivity index (χ1n) is 17.9. The molecule has 0 radical (unpaired) electrons. The van der Waals surface area contributed by atoms with Gasteiger partial charge in [-0.2, -0.15) is 0 Å². The molecule has 0 atom stereocenters. The zero-order valence-corrected chi connectivity index (χ0v) is 29.4. The van der Waals surface area contributed by atoms with Crippen molar-refractivity contribution in [1.29, 1.82) is 0 Å². The molecular weight excluding hydrogens is 629 g/mol. The summed E-state index contributed by atoms with van der Waals surface area (Å²) in [7, 11) is 0. The van der Waals surface area contributed by atoms with Gasteiger partial charge < -0.3 is 9.47 Å². The molecule has 0 bridgehead atoms. The number of fused-ring (bicyclic) bond motifs is 3. The highest BCUT2D eigenvalue weighted by Gasteiger charge is 2.24. The molecule has 0 saturated heterocycles. The van der Waals surface area contributed by atoms with E-state index in [2.05, 4.69) is 217 Å². The molecule has 0 saturated carbocycles. The second-order valence-electron chi connectivity index (χ2n) is 13.5. The van der Waals surface area contributed by atoms with Gasteiger partial charge in [0.15, 0.2) is 0 Å². The van der Waals surface area contributed by atoms with Crippen LogP contribution in [0.3, 0.4) is 0 Å². The molecule has 9 rings (SSSR count). The van der Waals surface area contributed by atoms with Crippen molar-refractivity contribution in [2.45, 2.75) is 13.8 Å². The van der Waals surface area contributed by atoms with E-state index < -0.39 is 0 Å². The van der Waals surface area contributed by atoms with Crippen LogP contribution in [0.2, 0.25) is 0 Å². The average Bonchev–Trinajstić information content (AvgIpc) is 3.54. The highest BCUT2D eigenvalue weighted by Crippen LogP contribution is 2.47. The Bertz CT molecular complexity index is 2670. The molecule has 2 heteroatoms. The van der Waals surface area contributed by atoms with E-state index in [9.17, 15) is 0 Å². The zero-order chi connectivity index (χ0) is 35.0. The number of hydrogen-bond donors (Lipinski definition) is 0. The van der Waals surface area contributed by atoms with Crippen molar-refractivity contribution in [2.24, 2.45) is 0 Å². The smallest absolute Gasteiger partial charge is 0.0562 e. The monoisotopic (exact) mass is 666 g/mol. The summed E-state index contributed by atoms with van der Waals surface area (Å²) in [6.07, 6.45) is 0. The number of aryl methyl sites for hydroxylation is 2. The van der Waals surface area contributed by atoms with Crippen molar-refractivity contribution in [1.82, 2.24) is 4.57 Å². The minimum atomic E-state index is 1.10. The van der Waals surface area contributed by atoms with Crippen molar-refractivity contribution in [3.8, 4) is 39.1 Å². The maximum absolute atomic E-state index is 2.47. The van der Waals surface area contributed by atoms with Crippen LogP contribution in [0.1, 0.15) is 11.1 Å². The molecule has 2 nitrogen and oxygen atoms in total. The second-order valence-corrected chi connectivity index (χ2v) is 13.5. The van der Waals surface area contributed by atoms with E-state index in [-0.39, 0.29) is 0 Å². The molecule has 0 spiro atoms. The fourth-order valence-electron chi connectivity index (χ4n) is 7.62. The number of aromatic nitrogens is 1. The Balaban J connectivity index is 1.33. The van der Waals surface area contributed by atoms with Gasteiger partial charge in [-0.15, -0.1) is 0 Å². The minimum absolute atomic E-state index is 1.10. The third-order valence-corrected chi connectivity index (χ3v) is 10.1. The molecule has 0 aliphatic carbocycles. The summed E-state index contributed by atoms with van der Waals surface area (Å²) in [6, 6.07) is 70.4. The maximum Gasteiger partial charge on any atom is 0.0562 e. The van der Waals surface area contributed by atoms with Crippen molar-refractivity contribution in [3.63, 3.8) is 0 Å². The van der Waals surface area contributed by atoms with Crippen LogP contribution in [-0.2, 0) is 0 Å². The van der Waals surface area contributed by atoms with Crippen LogP contribution in [0.15, 0.2) is 194 Å². The topological polar surface area (TPSA) is 8.17 Å². The van der Waals surface area contributed by atoms with E-state index >= 15 is 0 Å². The van der Waals surface area contributed by atoms with E-state index in [1.807, 2.05) is 0 Å². The molecule has 9 aromatic rings. The van der Waals surface area contributed by atoms with Gasteiger partial charge in [-0.1, -0.05) is 157 Å². The maximum atomic E-state index is 2.47. The highest BCUT2D eigenvalue weighted by atomic mass is 15.2. The normalized spacial score (nSPS) is 11.3. The van der Waals surface area contributed by atoms with E-state index in [0.29, 0.717) is 0 Å². The lowest BCUT2D eigenvalue weighted by molar-refractivity contribution is 1.17. The molecular formula is C50H38N2. The Morgan fingerprint density at radius 1 is 0.385 bits per heavy atom. The lowest BCUT2D eigenvalue weighted by Crippen LogP contribution is -2.11. The third-order valence-electron chi connectivity index (χ3n) is 10.1. The predicted octanol–water partition coefficient (Wildman–Crippen LogP) is 13.9. The minimum Gasteiger partial charge on any atom is -0.309 e. The number of para-hydroxylation sites is 2. The van der Waals surface area contributed by atoms with Crippen LogP contribution in [0, 0.1) is 13.8 Å². The Kier molecular flexibility index (Phi) is 7.98. The van der Waals surface area contributed by atoms with Gasteiger partial charge in [0.2, 0.25) is 0 Å². The van der Waals surface area contributed by atoms with Gasteiger partial charge in [0.25, 0.3) is 0 Å². The van der Waals surface area contributed by atoms with Gasteiger partial charge in [0.05, 0.1) is 28.1 Å². The van der Waals surface area contributed by atoms with E-state index in [1.165, 1.54) is 72.0 Å². The Labute approximate surface area is 305 Å². The first kappa shape index (κ1) is 31.3. The Morgan fingerprint density at radius 2 is 0.942 bits per heavy atom. The van der Waals surface area contributed by atoms with Crippen LogP contribution < -0.4 is 4.90 Å². The number of rotatable bonds is 7. The molecule has 0 N–H and O–H groups in total. The quantitative estimate of drug-likeness (QED) is 0.164. The fraction of sp³-hybridized carbons (Fsp3) is 0.0400. The van der Waals surface area contributed by atoms with Crippen LogP contribution in [0.5, 0.6) is 0 Å². The Hall–Kier alpha value is -6.64. The second kappa shape index (κ2) is 13.2. The number of nitrogens with zero attached hydrogens (tertiary/aromatic N) is 2. The van der Waals surface area contributed by atoms with E-state index in [0.717, 1.165) is 17.1 Å². The molecule has 0 amide bonds. The SMILES string of the molecule is Cc1ccc(-c2ccc(C)cc2-n2c3ccccc3c3c(N(c4ccc(-c5ccccc5)cc4)c4ccccc4-c4ccccc4)cccc32)cc1. The highest BCUT2D eigenvalue weighted by molar-refractivity contribution is 6.17. The van der Waals surface area contributed by atoms with Gasteiger partial charge in [-0.05, 0) is 84.1 Å².